The van der Waals surface area contributed by atoms with Gasteiger partial charge in [0.25, 0.3) is 5.91 Å². The minimum absolute atomic E-state index is 0.234. The van der Waals surface area contributed by atoms with Crippen LogP contribution in [0.4, 0.5) is 5.95 Å². The van der Waals surface area contributed by atoms with Crippen LogP contribution >= 0.6 is 15.9 Å². The third kappa shape index (κ3) is 3.44. The number of carbonyl (C=O) groups is 1. The largest absolute Gasteiger partial charge is 0.289 e. The lowest BCUT2D eigenvalue weighted by molar-refractivity contribution is 0.102. The van der Waals surface area contributed by atoms with Crippen molar-refractivity contribution in [3.05, 3.63) is 45.2 Å². The number of halogens is 1. The van der Waals surface area contributed by atoms with Crippen LogP contribution in [-0.4, -0.2) is 21.1 Å². The summed E-state index contributed by atoms with van der Waals surface area (Å²) < 4.78 is 0.893. The van der Waals surface area contributed by atoms with Crippen molar-refractivity contribution >= 4 is 27.8 Å². The average Bonchev–Trinajstić information content (AvgIpc) is 2.49. The monoisotopic (exact) mass is 348 g/mol. The van der Waals surface area contributed by atoms with Crippen LogP contribution in [0.3, 0.4) is 0 Å². The van der Waals surface area contributed by atoms with Gasteiger partial charge in [-0.2, -0.15) is 0 Å². The van der Waals surface area contributed by atoms with Gasteiger partial charge in [0.1, 0.15) is 0 Å². The van der Waals surface area contributed by atoms with Crippen LogP contribution in [0.25, 0.3) is 0 Å². The zero-order valence-corrected chi connectivity index (χ0v) is 13.9. The molecular formula is C15H17BrN4O. The number of hydrogen-bond donors (Lipinski definition) is 1. The number of hydrogen-bond acceptors (Lipinski definition) is 4. The quantitative estimate of drug-likeness (QED) is 0.920. The summed E-state index contributed by atoms with van der Waals surface area (Å²) in [6.07, 6.45) is 1.54. The summed E-state index contributed by atoms with van der Waals surface area (Å²) in [6, 6.07) is 5.49. The highest BCUT2D eigenvalue weighted by Gasteiger charge is 2.13. The van der Waals surface area contributed by atoms with Crippen LogP contribution < -0.4 is 5.32 Å². The highest BCUT2D eigenvalue weighted by atomic mass is 79.9. The fraction of sp³-hybridized carbons (Fsp3) is 0.333. The number of aromatic nitrogens is 3. The molecule has 1 aromatic carbocycles. The van der Waals surface area contributed by atoms with Gasteiger partial charge in [-0.3, -0.25) is 10.1 Å². The van der Waals surface area contributed by atoms with Gasteiger partial charge in [0, 0.05) is 10.0 Å². The van der Waals surface area contributed by atoms with Gasteiger partial charge in [-0.05, 0) is 37.5 Å². The molecule has 21 heavy (non-hydrogen) atoms. The molecular weight excluding hydrogens is 332 g/mol. The zero-order chi connectivity index (χ0) is 15.4. The SMILES string of the molecule is CCc1nnc(NC(=O)c2cccc(Br)c2C)nc1CC. The van der Waals surface area contributed by atoms with Crippen molar-refractivity contribution in [2.24, 2.45) is 0 Å². The standard InChI is InChI=1S/C15H17BrN4O/c1-4-12-13(5-2)19-20-15(17-12)18-14(21)10-7-6-8-11(16)9(10)3/h6-8H,4-5H2,1-3H3,(H,17,18,20,21). The maximum atomic E-state index is 12.3. The van der Waals surface area contributed by atoms with Crippen molar-refractivity contribution in [1.29, 1.82) is 0 Å². The van der Waals surface area contributed by atoms with E-state index in [2.05, 4.69) is 36.4 Å². The maximum Gasteiger partial charge on any atom is 0.258 e. The van der Waals surface area contributed by atoms with E-state index in [9.17, 15) is 4.79 Å². The van der Waals surface area contributed by atoms with Crippen molar-refractivity contribution in [3.8, 4) is 0 Å². The van der Waals surface area contributed by atoms with Crippen molar-refractivity contribution < 1.29 is 4.79 Å². The Labute approximate surface area is 132 Å². The topological polar surface area (TPSA) is 67.8 Å². The van der Waals surface area contributed by atoms with E-state index in [4.69, 9.17) is 0 Å². The number of anilines is 1. The Morgan fingerprint density at radius 2 is 1.90 bits per heavy atom. The molecule has 1 amide bonds. The molecule has 0 unspecified atom stereocenters. The first-order chi connectivity index (χ1) is 10.1. The van der Waals surface area contributed by atoms with Gasteiger partial charge >= 0.3 is 0 Å². The first-order valence-electron chi connectivity index (χ1n) is 6.85. The van der Waals surface area contributed by atoms with Crippen molar-refractivity contribution in [2.45, 2.75) is 33.6 Å². The Morgan fingerprint density at radius 1 is 1.19 bits per heavy atom. The number of nitrogens with zero attached hydrogens (tertiary/aromatic N) is 3. The number of carbonyl (C=O) groups excluding carboxylic acids is 1. The van der Waals surface area contributed by atoms with Crippen molar-refractivity contribution in [2.75, 3.05) is 5.32 Å². The second kappa shape index (κ2) is 6.76. The first kappa shape index (κ1) is 15.6. The smallest absolute Gasteiger partial charge is 0.258 e. The van der Waals surface area contributed by atoms with E-state index in [0.717, 1.165) is 34.3 Å². The van der Waals surface area contributed by atoms with E-state index in [-0.39, 0.29) is 11.9 Å². The summed E-state index contributed by atoms with van der Waals surface area (Å²) in [5, 5.41) is 10.8. The lowest BCUT2D eigenvalue weighted by Gasteiger charge is -2.09. The molecule has 6 heteroatoms. The Balaban J connectivity index is 2.25. The maximum absolute atomic E-state index is 12.3. The second-order valence-corrected chi connectivity index (χ2v) is 5.46. The van der Waals surface area contributed by atoms with E-state index in [1.54, 1.807) is 6.07 Å². The van der Waals surface area contributed by atoms with Gasteiger partial charge in [-0.25, -0.2) is 4.98 Å². The lowest BCUT2D eigenvalue weighted by Crippen LogP contribution is -2.17. The molecule has 0 aliphatic carbocycles. The number of benzene rings is 1. The number of nitrogens with one attached hydrogen (secondary N) is 1. The van der Waals surface area contributed by atoms with Gasteiger partial charge in [-0.1, -0.05) is 35.8 Å². The molecule has 1 N–H and O–H groups in total. The van der Waals surface area contributed by atoms with E-state index >= 15 is 0 Å². The second-order valence-electron chi connectivity index (χ2n) is 4.60. The lowest BCUT2D eigenvalue weighted by atomic mass is 10.1. The normalized spacial score (nSPS) is 10.5. The molecule has 0 atom stereocenters. The fourth-order valence-electron chi connectivity index (χ4n) is 2.01. The summed E-state index contributed by atoms with van der Waals surface area (Å²) in [5.41, 5.74) is 3.21. The number of aryl methyl sites for hydroxylation is 2. The molecule has 0 fully saturated rings. The number of rotatable bonds is 4. The molecule has 110 valence electrons. The summed E-state index contributed by atoms with van der Waals surface area (Å²) >= 11 is 3.42. The van der Waals surface area contributed by atoms with Crippen molar-refractivity contribution in [3.63, 3.8) is 0 Å². The zero-order valence-electron chi connectivity index (χ0n) is 12.3. The Hall–Kier alpha value is -1.82. The predicted octanol–water partition coefficient (Wildman–Crippen LogP) is 3.32. The molecule has 0 bridgehead atoms. The summed E-state index contributed by atoms with van der Waals surface area (Å²) in [5.74, 6) is 0.00956. The van der Waals surface area contributed by atoms with Crippen LogP contribution in [0, 0.1) is 6.92 Å². The molecule has 2 rings (SSSR count). The predicted molar refractivity (Wildman–Crippen MR) is 85.4 cm³/mol. The molecule has 0 spiro atoms. The molecule has 0 aliphatic rings. The molecule has 1 aromatic heterocycles. The molecule has 0 radical (unpaired) electrons. The van der Waals surface area contributed by atoms with Crippen LogP contribution in [0.2, 0.25) is 0 Å². The van der Waals surface area contributed by atoms with Gasteiger partial charge in [0.2, 0.25) is 5.95 Å². The highest BCUT2D eigenvalue weighted by Crippen LogP contribution is 2.20. The fourth-order valence-corrected chi connectivity index (χ4v) is 2.38. The molecule has 1 heterocycles. The summed E-state index contributed by atoms with van der Waals surface area (Å²) in [7, 11) is 0. The minimum atomic E-state index is -0.234. The van der Waals surface area contributed by atoms with Gasteiger partial charge in [0.15, 0.2) is 0 Å². The van der Waals surface area contributed by atoms with Crippen LogP contribution in [0.5, 0.6) is 0 Å². The van der Waals surface area contributed by atoms with Crippen LogP contribution in [0.1, 0.15) is 41.2 Å². The Morgan fingerprint density at radius 3 is 2.57 bits per heavy atom. The third-order valence-corrected chi connectivity index (χ3v) is 4.11. The highest BCUT2D eigenvalue weighted by molar-refractivity contribution is 9.10. The third-order valence-electron chi connectivity index (χ3n) is 3.25. The van der Waals surface area contributed by atoms with Gasteiger partial charge in [-0.15, -0.1) is 10.2 Å². The Bertz CT molecular complexity index is 673. The van der Waals surface area contributed by atoms with Gasteiger partial charge in [0.05, 0.1) is 11.4 Å². The minimum Gasteiger partial charge on any atom is -0.289 e. The average molecular weight is 349 g/mol. The van der Waals surface area contributed by atoms with Crippen LogP contribution in [-0.2, 0) is 12.8 Å². The Kier molecular flexibility index (Phi) is 5.01. The molecule has 0 aliphatic heterocycles. The molecule has 0 saturated heterocycles. The number of amides is 1. The first-order valence-corrected chi connectivity index (χ1v) is 7.65. The van der Waals surface area contributed by atoms with E-state index in [1.165, 1.54) is 0 Å². The van der Waals surface area contributed by atoms with Crippen LogP contribution in [0.15, 0.2) is 22.7 Å². The van der Waals surface area contributed by atoms with E-state index in [1.807, 2.05) is 32.9 Å². The van der Waals surface area contributed by atoms with E-state index < -0.39 is 0 Å². The molecule has 5 nitrogen and oxygen atoms in total. The summed E-state index contributed by atoms with van der Waals surface area (Å²) in [4.78, 5) is 16.7. The van der Waals surface area contributed by atoms with Gasteiger partial charge < -0.3 is 0 Å². The molecule has 2 aromatic rings. The summed E-state index contributed by atoms with van der Waals surface area (Å²) in [6.45, 7) is 5.90. The van der Waals surface area contributed by atoms with E-state index in [0.29, 0.717) is 5.56 Å². The van der Waals surface area contributed by atoms with Crippen molar-refractivity contribution in [1.82, 2.24) is 15.2 Å². The molecule has 0 saturated carbocycles.